The Balaban J connectivity index is 1.50. The van der Waals surface area contributed by atoms with Gasteiger partial charge in [-0.3, -0.25) is 19.3 Å². The number of nitrogens with zero attached hydrogens (tertiary/aromatic N) is 1. The largest absolute Gasteiger partial charge is 0.452 e. The molecule has 0 radical (unpaired) electrons. The molecular formula is C21H27N3O5. The molecule has 2 aliphatic rings. The first-order valence-electron chi connectivity index (χ1n) is 9.93. The van der Waals surface area contributed by atoms with Gasteiger partial charge >= 0.3 is 12.0 Å². The van der Waals surface area contributed by atoms with Crippen LogP contribution in [0.4, 0.5) is 10.5 Å². The Hall–Kier alpha value is -2.90. The number of rotatable bonds is 6. The maximum atomic E-state index is 12.6. The maximum Gasteiger partial charge on any atom is 0.325 e. The lowest BCUT2D eigenvalue weighted by Gasteiger charge is -2.20. The summed E-state index contributed by atoms with van der Waals surface area (Å²) in [5.74, 6) is -1.35. The molecule has 2 N–H and O–H groups in total. The first-order valence-corrected chi connectivity index (χ1v) is 9.93. The molecule has 1 atom stereocenters. The van der Waals surface area contributed by atoms with Gasteiger partial charge in [-0.25, -0.2) is 4.79 Å². The van der Waals surface area contributed by atoms with Gasteiger partial charge in [-0.05, 0) is 50.8 Å². The maximum absolute atomic E-state index is 12.6. The van der Waals surface area contributed by atoms with E-state index in [1.165, 1.54) is 6.92 Å². The molecule has 1 aliphatic heterocycles. The summed E-state index contributed by atoms with van der Waals surface area (Å²) in [6.07, 6.45) is 1.91. The van der Waals surface area contributed by atoms with Gasteiger partial charge in [0.2, 0.25) is 0 Å². The zero-order valence-electron chi connectivity index (χ0n) is 17.0. The number of hydrogen-bond acceptors (Lipinski definition) is 5. The molecule has 1 aromatic rings. The Morgan fingerprint density at radius 2 is 1.93 bits per heavy atom. The van der Waals surface area contributed by atoms with Crippen molar-refractivity contribution < 1.29 is 23.9 Å². The van der Waals surface area contributed by atoms with Gasteiger partial charge in [0.1, 0.15) is 5.54 Å². The number of imide groups is 1. The van der Waals surface area contributed by atoms with Crippen LogP contribution in [-0.2, 0) is 19.1 Å². The Labute approximate surface area is 170 Å². The van der Waals surface area contributed by atoms with Crippen molar-refractivity contribution >= 4 is 29.5 Å². The number of amides is 4. The Morgan fingerprint density at radius 1 is 1.24 bits per heavy atom. The quantitative estimate of drug-likeness (QED) is 0.563. The SMILES string of the molecule is Cc1ccc(C)c(NC(=O)[C@H](C)OC(=O)CCN2C(=O)NC3(CCCC3)C2=O)c1. The number of hydrogen-bond donors (Lipinski definition) is 2. The third-order valence-corrected chi connectivity index (χ3v) is 5.57. The molecule has 1 heterocycles. The standard InChI is InChI=1S/C21H27N3O5/c1-13-6-7-14(2)16(12-13)22-18(26)15(3)29-17(25)8-11-24-19(27)21(23-20(24)28)9-4-5-10-21/h6-7,12,15H,4-5,8-11H2,1-3H3,(H,22,26)(H,23,28)/t15-/m0/s1. The van der Waals surface area contributed by atoms with Gasteiger partial charge in [0, 0.05) is 12.2 Å². The molecule has 0 unspecified atom stereocenters. The number of benzene rings is 1. The smallest absolute Gasteiger partial charge is 0.325 e. The highest BCUT2D eigenvalue weighted by atomic mass is 16.5. The van der Waals surface area contributed by atoms with Crippen LogP contribution in [0.15, 0.2) is 18.2 Å². The molecular weight excluding hydrogens is 374 g/mol. The van der Waals surface area contributed by atoms with E-state index in [-0.39, 0.29) is 18.9 Å². The fraction of sp³-hybridized carbons (Fsp3) is 0.524. The number of esters is 1. The summed E-state index contributed by atoms with van der Waals surface area (Å²) in [5, 5.41) is 5.53. The van der Waals surface area contributed by atoms with E-state index in [1.807, 2.05) is 32.0 Å². The molecule has 156 valence electrons. The number of carbonyl (C=O) groups excluding carboxylic acids is 4. The molecule has 2 fully saturated rings. The van der Waals surface area contributed by atoms with Crippen molar-refractivity contribution in [2.45, 2.75) is 64.5 Å². The Morgan fingerprint density at radius 3 is 2.62 bits per heavy atom. The van der Waals surface area contributed by atoms with Crippen molar-refractivity contribution in [3.8, 4) is 0 Å². The van der Waals surface area contributed by atoms with Gasteiger partial charge in [0.05, 0.1) is 6.42 Å². The number of urea groups is 1. The predicted molar refractivity (Wildman–Crippen MR) is 106 cm³/mol. The third kappa shape index (κ3) is 4.41. The molecule has 1 saturated carbocycles. The fourth-order valence-corrected chi connectivity index (χ4v) is 3.81. The second kappa shape index (κ2) is 8.23. The molecule has 8 nitrogen and oxygen atoms in total. The lowest BCUT2D eigenvalue weighted by molar-refractivity contribution is -0.153. The second-order valence-electron chi connectivity index (χ2n) is 7.87. The lowest BCUT2D eigenvalue weighted by atomic mass is 9.98. The van der Waals surface area contributed by atoms with E-state index in [2.05, 4.69) is 10.6 Å². The molecule has 1 spiro atoms. The minimum Gasteiger partial charge on any atom is -0.452 e. The molecule has 8 heteroatoms. The van der Waals surface area contributed by atoms with Gasteiger partial charge in [0.15, 0.2) is 6.10 Å². The number of aryl methyl sites for hydroxylation is 2. The predicted octanol–water partition coefficient (Wildman–Crippen LogP) is 2.43. The highest BCUT2D eigenvalue weighted by molar-refractivity contribution is 6.07. The van der Waals surface area contributed by atoms with Crippen molar-refractivity contribution in [1.29, 1.82) is 0 Å². The average Bonchev–Trinajstić information content (AvgIpc) is 3.22. The lowest BCUT2D eigenvalue weighted by Crippen LogP contribution is -2.44. The molecule has 3 rings (SSSR count). The van der Waals surface area contributed by atoms with Crippen molar-refractivity contribution in [3.05, 3.63) is 29.3 Å². The van der Waals surface area contributed by atoms with Crippen LogP contribution in [0.3, 0.4) is 0 Å². The molecule has 29 heavy (non-hydrogen) atoms. The average molecular weight is 401 g/mol. The highest BCUT2D eigenvalue weighted by Crippen LogP contribution is 2.35. The van der Waals surface area contributed by atoms with Crippen LogP contribution in [0.5, 0.6) is 0 Å². The number of ether oxygens (including phenoxy) is 1. The van der Waals surface area contributed by atoms with E-state index < -0.39 is 29.6 Å². The topological polar surface area (TPSA) is 105 Å². The second-order valence-corrected chi connectivity index (χ2v) is 7.87. The van der Waals surface area contributed by atoms with Gasteiger partial charge in [-0.15, -0.1) is 0 Å². The van der Waals surface area contributed by atoms with Gasteiger partial charge in [0.25, 0.3) is 11.8 Å². The molecule has 1 saturated heterocycles. The van der Waals surface area contributed by atoms with Crippen LogP contribution >= 0.6 is 0 Å². The minimum atomic E-state index is -0.994. The van der Waals surface area contributed by atoms with E-state index in [0.717, 1.165) is 28.9 Å². The zero-order valence-corrected chi connectivity index (χ0v) is 17.0. The van der Waals surface area contributed by atoms with E-state index in [0.29, 0.717) is 18.5 Å². The Bertz CT molecular complexity index is 845. The molecule has 0 bridgehead atoms. The first-order chi connectivity index (χ1) is 13.7. The summed E-state index contributed by atoms with van der Waals surface area (Å²) in [6.45, 7) is 5.22. The normalized spacial score (nSPS) is 18.7. The van der Waals surface area contributed by atoms with E-state index in [1.54, 1.807) is 0 Å². The molecule has 1 aliphatic carbocycles. The van der Waals surface area contributed by atoms with E-state index in [4.69, 9.17) is 4.74 Å². The summed E-state index contributed by atoms with van der Waals surface area (Å²) >= 11 is 0. The van der Waals surface area contributed by atoms with Crippen molar-refractivity contribution in [3.63, 3.8) is 0 Å². The van der Waals surface area contributed by atoms with Crippen molar-refractivity contribution in [2.75, 3.05) is 11.9 Å². The summed E-state index contributed by atoms with van der Waals surface area (Å²) < 4.78 is 5.18. The van der Waals surface area contributed by atoms with Crippen LogP contribution in [0.25, 0.3) is 0 Å². The first kappa shape index (κ1) is 20.8. The van der Waals surface area contributed by atoms with Gasteiger partial charge < -0.3 is 15.4 Å². The van der Waals surface area contributed by atoms with Crippen molar-refractivity contribution in [1.82, 2.24) is 10.2 Å². The van der Waals surface area contributed by atoms with Crippen molar-refractivity contribution in [2.24, 2.45) is 0 Å². The summed E-state index contributed by atoms with van der Waals surface area (Å²) in [7, 11) is 0. The van der Waals surface area contributed by atoms with Crippen LogP contribution in [0.1, 0.15) is 50.2 Å². The molecule has 0 aromatic heterocycles. The van der Waals surface area contributed by atoms with E-state index >= 15 is 0 Å². The Kier molecular flexibility index (Phi) is 5.91. The van der Waals surface area contributed by atoms with Crippen LogP contribution < -0.4 is 10.6 Å². The zero-order chi connectivity index (χ0) is 21.2. The third-order valence-electron chi connectivity index (χ3n) is 5.57. The monoisotopic (exact) mass is 401 g/mol. The van der Waals surface area contributed by atoms with Gasteiger partial charge in [-0.1, -0.05) is 25.0 Å². The summed E-state index contributed by atoms with van der Waals surface area (Å²) in [6, 6.07) is 5.22. The van der Waals surface area contributed by atoms with Crippen LogP contribution in [0.2, 0.25) is 0 Å². The molecule has 1 aromatic carbocycles. The van der Waals surface area contributed by atoms with Crippen LogP contribution in [0, 0.1) is 13.8 Å². The van der Waals surface area contributed by atoms with Gasteiger partial charge in [-0.2, -0.15) is 0 Å². The minimum absolute atomic E-state index is 0.0590. The highest BCUT2D eigenvalue weighted by Gasteiger charge is 2.52. The van der Waals surface area contributed by atoms with Crippen LogP contribution in [-0.4, -0.2) is 46.9 Å². The summed E-state index contributed by atoms with van der Waals surface area (Å²) in [4.78, 5) is 50.2. The number of anilines is 1. The molecule has 4 amide bonds. The summed E-state index contributed by atoms with van der Waals surface area (Å²) in [5.41, 5.74) is 1.78. The number of nitrogens with one attached hydrogen (secondary N) is 2. The van der Waals surface area contributed by atoms with E-state index in [9.17, 15) is 19.2 Å². The number of carbonyl (C=O) groups is 4. The fourth-order valence-electron chi connectivity index (χ4n) is 3.81.